The molecule has 1 rings (SSSR count). The van der Waals surface area contributed by atoms with Crippen molar-refractivity contribution in [1.29, 1.82) is 0 Å². The molecule has 0 spiro atoms. The second-order valence-electron chi connectivity index (χ2n) is 3.61. The van der Waals surface area contributed by atoms with Gasteiger partial charge in [-0.15, -0.1) is 0 Å². The molecule has 11 heteroatoms. The fourth-order valence-corrected chi connectivity index (χ4v) is 2.66. The minimum absolute atomic E-state index is 0.0412. The van der Waals surface area contributed by atoms with E-state index in [0.717, 1.165) is 0 Å². The molecule has 0 bridgehead atoms. The number of nitrogens with two attached hydrogens (primary N) is 1. The van der Waals surface area contributed by atoms with E-state index < -0.39 is 16.3 Å². The molecule has 1 amide bonds. The monoisotopic (exact) mass is 380 g/mol. The van der Waals surface area contributed by atoms with Gasteiger partial charge in [0.05, 0.1) is 12.3 Å². The van der Waals surface area contributed by atoms with Crippen LogP contribution in [0.5, 0.6) is 0 Å². The zero-order chi connectivity index (χ0) is 16.0. The summed E-state index contributed by atoms with van der Waals surface area (Å²) in [5, 5.41) is 11.4. The molecular formula is C10H13BrN4O5S. The molecule has 0 aromatic heterocycles. The van der Waals surface area contributed by atoms with E-state index in [1.54, 1.807) is 11.6 Å². The maximum absolute atomic E-state index is 11.7. The number of oxime groups is 1. The average Bonchev–Trinajstić information content (AvgIpc) is 2.39. The lowest BCUT2D eigenvalue weighted by atomic mass is 10.2. The number of amidine groups is 1. The van der Waals surface area contributed by atoms with Crippen LogP contribution in [0.25, 0.3) is 0 Å². The first-order chi connectivity index (χ1) is 9.79. The third-order valence-corrected chi connectivity index (χ3v) is 3.69. The van der Waals surface area contributed by atoms with E-state index >= 15 is 0 Å². The van der Waals surface area contributed by atoms with E-state index in [9.17, 15) is 13.2 Å². The van der Waals surface area contributed by atoms with E-state index in [2.05, 4.69) is 30.5 Å². The Morgan fingerprint density at radius 3 is 2.71 bits per heavy atom. The predicted molar refractivity (Wildman–Crippen MR) is 79.4 cm³/mol. The number of hydrogen-bond acceptors (Lipinski definition) is 6. The number of ether oxygens (including phenoxy) is 1. The number of carbonyl (C=O) groups excluding carboxylic acids is 1. The summed E-state index contributed by atoms with van der Waals surface area (Å²) in [6.45, 7) is 1.58. The number of benzene rings is 1. The van der Waals surface area contributed by atoms with Crippen molar-refractivity contribution in [1.82, 2.24) is 4.72 Å². The lowest BCUT2D eigenvalue weighted by Crippen LogP contribution is -2.35. The Hall–Kier alpha value is -2.01. The molecule has 1 aromatic carbocycles. The first kappa shape index (κ1) is 17.0. The summed E-state index contributed by atoms with van der Waals surface area (Å²) < 4.78 is 32.0. The second kappa shape index (κ2) is 7.13. The van der Waals surface area contributed by atoms with Crippen molar-refractivity contribution >= 4 is 43.8 Å². The molecule has 1 aromatic rings. The summed E-state index contributed by atoms with van der Waals surface area (Å²) in [7, 11) is -4.13. The van der Waals surface area contributed by atoms with Gasteiger partial charge >= 0.3 is 16.3 Å². The summed E-state index contributed by atoms with van der Waals surface area (Å²) in [5.41, 5.74) is 5.94. The van der Waals surface area contributed by atoms with E-state index in [1.807, 2.05) is 0 Å². The summed E-state index contributed by atoms with van der Waals surface area (Å²) in [4.78, 5) is 11.1. The Labute approximate surface area is 129 Å². The Morgan fingerprint density at radius 1 is 1.52 bits per heavy atom. The highest BCUT2D eigenvalue weighted by Gasteiger charge is 2.16. The highest BCUT2D eigenvalue weighted by atomic mass is 79.9. The Morgan fingerprint density at radius 2 is 2.19 bits per heavy atom. The Balaban J connectivity index is 2.91. The summed E-state index contributed by atoms with van der Waals surface area (Å²) >= 11 is 3.13. The van der Waals surface area contributed by atoms with Crippen LogP contribution in [0.15, 0.2) is 27.8 Å². The molecule has 116 valence electrons. The molecule has 0 atom stereocenters. The zero-order valence-corrected chi connectivity index (χ0v) is 13.2. The fraction of sp³-hybridized carbons (Fsp3) is 0.200. The molecule has 0 fully saturated rings. The molecule has 0 aliphatic rings. The minimum atomic E-state index is -4.13. The van der Waals surface area contributed by atoms with Gasteiger partial charge in [-0.1, -0.05) is 5.16 Å². The van der Waals surface area contributed by atoms with Crippen LogP contribution in [-0.2, 0) is 14.9 Å². The second-order valence-corrected chi connectivity index (χ2v) is 5.88. The number of nitrogens with one attached hydrogen (secondary N) is 2. The van der Waals surface area contributed by atoms with E-state index in [1.165, 1.54) is 18.2 Å². The van der Waals surface area contributed by atoms with Gasteiger partial charge in [-0.25, -0.2) is 9.52 Å². The first-order valence-electron chi connectivity index (χ1n) is 5.53. The fourth-order valence-electron chi connectivity index (χ4n) is 1.26. The summed E-state index contributed by atoms with van der Waals surface area (Å²) in [6, 6.07) is 4.25. The van der Waals surface area contributed by atoms with Crippen LogP contribution in [-0.4, -0.2) is 32.2 Å². The molecular weight excluding hydrogens is 368 g/mol. The standard InChI is InChI=1S/C10H13BrN4O5S/c1-2-20-10(16)15-21(18,19)14-8-4-3-6(5-7(8)11)9(12)13-17/h3-5,14,17H,2H2,1H3,(H2,12,13)(H,15,16). The SMILES string of the molecule is CCOC(=O)NS(=O)(=O)Nc1ccc(/C(N)=N/O)cc1Br. The maximum Gasteiger partial charge on any atom is 0.422 e. The minimum Gasteiger partial charge on any atom is -0.449 e. The lowest BCUT2D eigenvalue weighted by Gasteiger charge is -2.11. The van der Waals surface area contributed by atoms with Crippen LogP contribution in [0.3, 0.4) is 0 Å². The van der Waals surface area contributed by atoms with Crippen molar-refractivity contribution in [2.24, 2.45) is 10.9 Å². The van der Waals surface area contributed by atoms with Gasteiger partial charge in [0.2, 0.25) is 0 Å². The number of rotatable bonds is 5. The van der Waals surface area contributed by atoms with Crippen molar-refractivity contribution in [3.05, 3.63) is 28.2 Å². The number of amides is 1. The smallest absolute Gasteiger partial charge is 0.422 e. The third-order valence-electron chi connectivity index (χ3n) is 2.11. The molecule has 0 aliphatic heterocycles. The van der Waals surface area contributed by atoms with Crippen LogP contribution in [0.4, 0.5) is 10.5 Å². The quantitative estimate of drug-likeness (QED) is 0.259. The summed E-state index contributed by atoms with van der Waals surface area (Å²) in [6.07, 6.45) is -1.09. The molecule has 5 N–H and O–H groups in total. The van der Waals surface area contributed by atoms with E-state index in [0.29, 0.717) is 10.0 Å². The van der Waals surface area contributed by atoms with Crippen molar-refractivity contribution in [3.63, 3.8) is 0 Å². The average molecular weight is 381 g/mol. The van der Waals surface area contributed by atoms with Crippen molar-refractivity contribution in [2.45, 2.75) is 6.92 Å². The van der Waals surface area contributed by atoms with Crippen LogP contribution < -0.4 is 15.2 Å². The largest absolute Gasteiger partial charge is 0.449 e. The number of hydrogen-bond donors (Lipinski definition) is 4. The van der Waals surface area contributed by atoms with Gasteiger partial charge in [0.1, 0.15) is 0 Å². The molecule has 21 heavy (non-hydrogen) atoms. The van der Waals surface area contributed by atoms with Crippen molar-refractivity contribution in [3.8, 4) is 0 Å². The number of carbonyl (C=O) groups is 1. The molecule has 9 nitrogen and oxygen atoms in total. The predicted octanol–water partition coefficient (Wildman–Crippen LogP) is 0.946. The molecule has 0 heterocycles. The van der Waals surface area contributed by atoms with Crippen LogP contribution in [0.1, 0.15) is 12.5 Å². The van der Waals surface area contributed by atoms with Crippen molar-refractivity contribution < 1.29 is 23.2 Å². The Kier molecular flexibility index (Phi) is 5.79. The molecule has 0 aliphatic carbocycles. The van der Waals surface area contributed by atoms with Crippen molar-refractivity contribution in [2.75, 3.05) is 11.3 Å². The van der Waals surface area contributed by atoms with Gasteiger partial charge in [-0.05, 0) is 41.1 Å². The first-order valence-corrected chi connectivity index (χ1v) is 7.81. The van der Waals surface area contributed by atoms with Gasteiger partial charge in [0, 0.05) is 10.0 Å². The normalized spacial score (nSPS) is 11.8. The molecule has 0 radical (unpaired) electrons. The Bertz CT molecular complexity index is 661. The van der Waals surface area contributed by atoms with Gasteiger partial charge < -0.3 is 15.7 Å². The highest BCUT2D eigenvalue weighted by molar-refractivity contribution is 9.10. The van der Waals surface area contributed by atoms with Gasteiger partial charge in [0.15, 0.2) is 5.84 Å². The maximum atomic E-state index is 11.7. The van der Waals surface area contributed by atoms with Crippen LogP contribution >= 0.6 is 15.9 Å². The van der Waals surface area contributed by atoms with Gasteiger partial charge in [0.25, 0.3) is 0 Å². The van der Waals surface area contributed by atoms with Crippen LogP contribution in [0.2, 0.25) is 0 Å². The summed E-state index contributed by atoms with van der Waals surface area (Å²) in [5.74, 6) is -0.130. The number of anilines is 1. The zero-order valence-electron chi connectivity index (χ0n) is 10.8. The van der Waals surface area contributed by atoms with Gasteiger partial charge in [-0.3, -0.25) is 4.72 Å². The van der Waals surface area contributed by atoms with Gasteiger partial charge in [-0.2, -0.15) is 8.42 Å². The molecule has 0 saturated heterocycles. The topological polar surface area (TPSA) is 143 Å². The number of nitrogens with zero attached hydrogens (tertiary/aromatic N) is 1. The number of halogens is 1. The lowest BCUT2D eigenvalue weighted by molar-refractivity contribution is 0.159. The van der Waals surface area contributed by atoms with Crippen LogP contribution in [0, 0.1) is 0 Å². The highest BCUT2D eigenvalue weighted by Crippen LogP contribution is 2.24. The van der Waals surface area contributed by atoms with E-state index in [-0.39, 0.29) is 18.1 Å². The molecule has 0 saturated carbocycles. The third kappa shape index (κ3) is 5.11. The molecule has 0 unspecified atom stereocenters. The van der Waals surface area contributed by atoms with E-state index in [4.69, 9.17) is 10.9 Å².